The molecule has 3 nitrogen and oxygen atoms in total. The molecule has 0 atom stereocenters. The van der Waals surface area contributed by atoms with Crippen molar-refractivity contribution in [1.82, 2.24) is 4.98 Å². The number of aromatic nitrogens is 1. The lowest BCUT2D eigenvalue weighted by atomic mass is 9.89. The smallest absolute Gasteiger partial charge is 0.142 e. The molecule has 0 aliphatic heterocycles. The van der Waals surface area contributed by atoms with Crippen LogP contribution in [-0.2, 0) is 12.8 Å². The Balaban J connectivity index is 2.33. The molecule has 0 radical (unpaired) electrons. The van der Waals surface area contributed by atoms with Gasteiger partial charge in [0.25, 0.3) is 0 Å². The van der Waals surface area contributed by atoms with Crippen molar-refractivity contribution < 1.29 is 0 Å². The van der Waals surface area contributed by atoms with Crippen molar-refractivity contribution in [2.45, 2.75) is 46.0 Å². The van der Waals surface area contributed by atoms with E-state index in [1.54, 1.807) is 0 Å². The van der Waals surface area contributed by atoms with Crippen LogP contribution < -0.4 is 5.73 Å². The third-order valence-electron chi connectivity index (χ3n) is 4.52. The lowest BCUT2D eigenvalue weighted by Gasteiger charge is -2.17. The Morgan fingerprint density at radius 2 is 1.91 bits per heavy atom. The third-order valence-corrected chi connectivity index (χ3v) is 4.52. The van der Waals surface area contributed by atoms with Crippen LogP contribution in [0.3, 0.4) is 0 Å². The maximum atomic E-state index is 9.61. The van der Waals surface area contributed by atoms with Gasteiger partial charge in [0.15, 0.2) is 0 Å². The summed E-state index contributed by atoms with van der Waals surface area (Å²) in [6.45, 7) is 4.19. The van der Waals surface area contributed by atoms with Gasteiger partial charge >= 0.3 is 0 Å². The van der Waals surface area contributed by atoms with Crippen LogP contribution in [0.4, 0.5) is 5.82 Å². The van der Waals surface area contributed by atoms with E-state index < -0.39 is 0 Å². The summed E-state index contributed by atoms with van der Waals surface area (Å²) in [5, 5.41) is 9.61. The Labute approximate surface area is 131 Å². The summed E-state index contributed by atoms with van der Waals surface area (Å²) < 4.78 is 0. The van der Waals surface area contributed by atoms with Crippen molar-refractivity contribution in [2.24, 2.45) is 0 Å². The highest BCUT2D eigenvalue weighted by Gasteiger charge is 2.22. The molecule has 1 aliphatic rings. The number of anilines is 1. The van der Waals surface area contributed by atoms with E-state index in [0.29, 0.717) is 11.4 Å². The Kier molecular flexibility index (Phi) is 3.85. The molecule has 1 aromatic carbocycles. The Hall–Kier alpha value is -2.34. The number of nitriles is 1. The summed E-state index contributed by atoms with van der Waals surface area (Å²) in [4.78, 5) is 4.53. The predicted octanol–water partition coefficient (Wildman–Crippen LogP) is 4.09. The first-order valence-corrected chi connectivity index (χ1v) is 7.90. The van der Waals surface area contributed by atoms with E-state index in [4.69, 9.17) is 5.73 Å². The average molecular weight is 291 g/mol. The number of aryl methyl sites for hydroxylation is 3. The molecular formula is C19H21N3. The van der Waals surface area contributed by atoms with Gasteiger partial charge in [0, 0.05) is 11.3 Å². The van der Waals surface area contributed by atoms with Crippen LogP contribution in [0, 0.1) is 25.2 Å². The van der Waals surface area contributed by atoms with E-state index in [-0.39, 0.29) is 0 Å². The van der Waals surface area contributed by atoms with Gasteiger partial charge in [-0.25, -0.2) is 4.98 Å². The SMILES string of the molecule is Cc1ccc(-c2c(C#N)c(N)nc3c2CCCCC3)c(C)c1. The standard InChI is InChI=1S/C19H21N3/c1-12-8-9-14(13(2)10-12)18-15-6-4-3-5-7-17(15)22-19(21)16(18)11-20/h8-10H,3-7H2,1-2H3,(H2,21,22). The second-order valence-corrected chi connectivity index (χ2v) is 6.16. The first-order valence-electron chi connectivity index (χ1n) is 7.90. The van der Waals surface area contributed by atoms with E-state index in [1.165, 1.54) is 23.1 Å². The maximum Gasteiger partial charge on any atom is 0.142 e. The third kappa shape index (κ3) is 2.46. The molecule has 22 heavy (non-hydrogen) atoms. The number of nitrogens with two attached hydrogens (primary N) is 1. The van der Waals surface area contributed by atoms with E-state index in [1.807, 2.05) is 0 Å². The number of nitrogen functional groups attached to an aromatic ring is 1. The van der Waals surface area contributed by atoms with Gasteiger partial charge in [0.2, 0.25) is 0 Å². The minimum atomic E-state index is 0.373. The molecule has 0 unspecified atom stereocenters. The molecule has 1 aromatic heterocycles. The predicted molar refractivity (Wildman–Crippen MR) is 89.5 cm³/mol. The number of nitrogens with zero attached hydrogens (tertiary/aromatic N) is 2. The van der Waals surface area contributed by atoms with Crippen LogP contribution in [0.25, 0.3) is 11.1 Å². The second kappa shape index (κ2) is 5.81. The van der Waals surface area contributed by atoms with Crippen molar-refractivity contribution in [2.75, 3.05) is 5.73 Å². The molecule has 0 spiro atoms. The van der Waals surface area contributed by atoms with E-state index in [0.717, 1.165) is 42.5 Å². The molecule has 0 amide bonds. The number of fused-ring (bicyclic) bond motifs is 1. The van der Waals surface area contributed by atoms with E-state index >= 15 is 0 Å². The van der Waals surface area contributed by atoms with Gasteiger partial charge in [0.1, 0.15) is 17.5 Å². The molecule has 1 aliphatic carbocycles. The van der Waals surface area contributed by atoms with E-state index in [2.05, 4.69) is 43.1 Å². The topological polar surface area (TPSA) is 62.7 Å². The molecular weight excluding hydrogens is 270 g/mol. The van der Waals surface area contributed by atoms with Crippen LogP contribution in [0.15, 0.2) is 18.2 Å². The summed E-state index contributed by atoms with van der Waals surface area (Å²) in [6.07, 6.45) is 5.46. The summed E-state index contributed by atoms with van der Waals surface area (Å²) in [5.41, 5.74) is 13.5. The molecule has 2 aromatic rings. The fourth-order valence-corrected chi connectivity index (χ4v) is 3.44. The molecule has 112 valence electrons. The van der Waals surface area contributed by atoms with Gasteiger partial charge in [0.05, 0.1) is 0 Å². The fourth-order valence-electron chi connectivity index (χ4n) is 3.44. The molecule has 0 saturated heterocycles. The zero-order valence-corrected chi connectivity index (χ0v) is 13.2. The zero-order chi connectivity index (χ0) is 15.7. The minimum absolute atomic E-state index is 0.373. The van der Waals surface area contributed by atoms with Crippen molar-refractivity contribution in [3.05, 3.63) is 46.1 Å². The highest BCUT2D eigenvalue weighted by molar-refractivity contribution is 5.81. The average Bonchev–Trinajstić information content (AvgIpc) is 2.71. The van der Waals surface area contributed by atoms with Crippen molar-refractivity contribution in [1.29, 1.82) is 5.26 Å². The summed E-state index contributed by atoms with van der Waals surface area (Å²) in [6, 6.07) is 8.67. The molecule has 0 saturated carbocycles. The highest BCUT2D eigenvalue weighted by Crippen LogP contribution is 2.37. The highest BCUT2D eigenvalue weighted by atomic mass is 14.9. The summed E-state index contributed by atoms with van der Waals surface area (Å²) in [5.74, 6) is 0.373. The van der Waals surface area contributed by atoms with Crippen LogP contribution in [0.2, 0.25) is 0 Å². The monoisotopic (exact) mass is 291 g/mol. The van der Waals surface area contributed by atoms with Gasteiger partial charge in [-0.1, -0.05) is 30.2 Å². The number of hydrogen-bond acceptors (Lipinski definition) is 3. The second-order valence-electron chi connectivity index (χ2n) is 6.16. The Bertz CT molecular complexity index is 769. The van der Waals surface area contributed by atoms with Crippen LogP contribution >= 0.6 is 0 Å². The molecule has 0 fully saturated rings. The molecule has 1 heterocycles. The summed E-state index contributed by atoms with van der Waals surface area (Å²) >= 11 is 0. The maximum absolute atomic E-state index is 9.61. The first-order chi connectivity index (χ1) is 10.6. The normalized spacial score (nSPS) is 14.0. The van der Waals surface area contributed by atoms with Gasteiger partial charge in [-0.2, -0.15) is 5.26 Å². The van der Waals surface area contributed by atoms with Gasteiger partial charge in [-0.15, -0.1) is 0 Å². The molecule has 3 heteroatoms. The number of rotatable bonds is 1. The lowest BCUT2D eigenvalue weighted by Crippen LogP contribution is -2.07. The van der Waals surface area contributed by atoms with Crippen LogP contribution in [-0.4, -0.2) is 4.98 Å². The van der Waals surface area contributed by atoms with Crippen molar-refractivity contribution in [3.8, 4) is 17.2 Å². The van der Waals surface area contributed by atoms with Gasteiger partial charge < -0.3 is 5.73 Å². The largest absolute Gasteiger partial charge is 0.383 e. The fraction of sp³-hybridized carbons (Fsp3) is 0.368. The summed E-state index contributed by atoms with van der Waals surface area (Å²) in [7, 11) is 0. The minimum Gasteiger partial charge on any atom is -0.383 e. The van der Waals surface area contributed by atoms with Crippen LogP contribution in [0.1, 0.15) is 47.2 Å². The van der Waals surface area contributed by atoms with E-state index in [9.17, 15) is 5.26 Å². The molecule has 2 N–H and O–H groups in total. The zero-order valence-electron chi connectivity index (χ0n) is 13.2. The Morgan fingerprint density at radius 1 is 1.14 bits per heavy atom. The first kappa shape index (κ1) is 14.6. The quantitative estimate of drug-likeness (QED) is 0.805. The van der Waals surface area contributed by atoms with Gasteiger partial charge in [-0.05, 0) is 56.2 Å². The van der Waals surface area contributed by atoms with Crippen molar-refractivity contribution in [3.63, 3.8) is 0 Å². The van der Waals surface area contributed by atoms with Gasteiger partial charge in [-0.3, -0.25) is 0 Å². The molecule has 3 rings (SSSR count). The Morgan fingerprint density at radius 3 is 2.64 bits per heavy atom. The van der Waals surface area contributed by atoms with Crippen LogP contribution in [0.5, 0.6) is 0 Å². The lowest BCUT2D eigenvalue weighted by molar-refractivity contribution is 0.709. The number of benzene rings is 1. The molecule has 0 bridgehead atoms. The number of pyridine rings is 1. The number of hydrogen-bond donors (Lipinski definition) is 1. The van der Waals surface area contributed by atoms with Crippen molar-refractivity contribution >= 4 is 5.82 Å².